The minimum Gasteiger partial charge on any atom is -0.334 e. The summed E-state index contributed by atoms with van der Waals surface area (Å²) in [5, 5.41) is 0.684. The van der Waals surface area contributed by atoms with E-state index >= 15 is 0 Å². The Bertz CT molecular complexity index is 1050. The second-order valence-electron chi connectivity index (χ2n) is 7.50. The van der Waals surface area contributed by atoms with Gasteiger partial charge < -0.3 is 4.90 Å². The molecule has 0 spiro atoms. The van der Waals surface area contributed by atoms with E-state index < -0.39 is 28.1 Å². The fourth-order valence-electron chi connectivity index (χ4n) is 3.78. The van der Waals surface area contributed by atoms with Gasteiger partial charge in [0.1, 0.15) is 0 Å². The number of aromatic nitrogens is 1. The molecule has 10 heteroatoms. The van der Waals surface area contributed by atoms with Crippen LogP contribution >= 0.6 is 0 Å². The zero-order valence-electron chi connectivity index (χ0n) is 15.4. The predicted molar refractivity (Wildman–Crippen MR) is 101 cm³/mol. The molecule has 1 saturated heterocycles. The van der Waals surface area contributed by atoms with Crippen molar-refractivity contribution in [3.63, 3.8) is 0 Å². The Morgan fingerprint density at radius 1 is 1.21 bits per heavy atom. The number of pyridine rings is 1. The van der Waals surface area contributed by atoms with Crippen LogP contribution in [0.3, 0.4) is 0 Å². The van der Waals surface area contributed by atoms with Gasteiger partial charge in [0.2, 0.25) is 0 Å². The van der Waals surface area contributed by atoms with Gasteiger partial charge in [-0.3, -0.25) is 9.78 Å². The number of nitrogens with one attached hydrogen (secondary N) is 1. The largest absolute Gasteiger partial charge is 0.511 e. The fourth-order valence-corrected chi connectivity index (χ4v) is 4.36. The van der Waals surface area contributed by atoms with Gasteiger partial charge >= 0.3 is 15.5 Å². The van der Waals surface area contributed by atoms with Crippen LogP contribution in [-0.4, -0.2) is 48.8 Å². The van der Waals surface area contributed by atoms with Crippen LogP contribution in [0.15, 0.2) is 30.5 Å². The highest BCUT2D eigenvalue weighted by Gasteiger charge is 2.46. The second-order valence-corrected chi connectivity index (χ2v) is 9.26. The van der Waals surface area contributed by atoms with Crippen LogP contribution in [0.25, 0.3) is 10.9 Å². The lowest BCUT2D eigenvalue weighted by Gasteiger charge is -2.25. The first kappa shape index (κ1) is 20.1. The maximum absolute atomic E-state index is 13.1. The van der Waals surface area contributed by atoms with Gasteiger partial charge in [-0.2, -0.15) is 13.2 Å². The summed E-state index contributed by atoms with van der Waals surface area (Å²) in [4.78, 5) is 18.9. The van der Waals surface area contributed by atoms with Crippen LogP contribution in [0.2, 0.25) is 0 Å². The third-order valence-corrected chi connectivity index (χ3v) is 6.65. The van der Waals surface area contributed by atoms with E-state index in [-0.39, 0.29) is 5.91 Å². The molecule has 1 N–H and O–H groups in total. The Kier molecular flexibility index (Phi) is 5.02. The number of carbonyl (C=O) groups excluding carboxylic acids is 1. The molecule has 2 aliphatic rings. The van der Waals surface area contributed by atoms with Crippen molar-refractivity contribution in [1.82, 2.24) is 14.6 Å². The van der Waals surface area contributed by atoms with Gasteiger partial charge in [-0.05, 0) is 49.3 Å². The number of fused-ring (bicyclic) bond motifs is 1. The number of nitrogens with zero attached hydrogens (tertiary/aromatic N) is 2. The number of halogens is 3. The summed E-state index contributed by atoms with van der Waals surface area (Å²) in [5.41, 5.74) is -3.06. The van der Waals surface area contributed by atoms with Crippen molar-refractivity contribution < 1.29 is 26.4 Å². The third kappa shape index (κ3) is 3.95. The highest BCUT2D eigenvalue weighted by molar-refractivity contribution is 7.90. The topological polar surface area (TPSA) is 79.4 Å². The first-order valence-electron chi connectivity index (χ1n) is 9.43. The maximum atomic E-state index is 13.1. The lowest BCUT2D eigenvalue weighted by Crippen LogP contribution is -2.46. The number of hydrogen-bond donors (Lipinski definition) is 1. The standard InChI is InChI=1S/C19H20F3N3O3S/c20-19(21,22)29(27,28)24-11-14-2-1-9-25(14)18(26)16-7-8-23-17-10-13(12-3-4-12)5-6-15(16)17/h5-8,10,12,14,24H,1-4,9,11H2. The molecule has 2 heterocycles. The molecule has 156 valence electrons. The minimum absolute atomic E-state index is 0.328. The van der Waals surface area contributed by atoms with E-state index in [9.17, 15) is 26.4 Å². The van der Waals surface area contributed by atoms with Crippen molar-refractivity contribution in [3.8, 4) is 0 Å². The molecule has 1 aliphatic heterocycles. The molecule has 1 aromatic carbocycles. The summed E-state index contributed by atoms with van der Waals surface area (Å²) in [6.45, 7) is -0.107. The lowest BCUT2D eigenvalue weighted by molar-refractivity contribution is -0.0448. The first-order valence-corrected chi connectivity index (χ1v) is 10.9. The van der Waals surface area contributed by atoms with E-state index in [2.05, 4.69) is 4.98 Å². The van der Waals surface area contributed by atoms with Crippen LogP contribution in [0.4, 0.5) is 13.2 Å². The molecule has 6 nitrogen and oxygen atoms in total. The number of alkyl halides is 3. The normalized spacial score (nSPS) is 20.4. The zero-order chi connectivity index (χ0) is 20.8. The summed E-state index contributed by atoms with van der Waals surface area (Å²) in [6.07, 6.45) is 4.87. The predicted octanol–water partition coefficient (Wildman–Crippen LogP) is 3.16. The Morgan fingerprint density at radius 2 is 1.97 bits per heavy atom. The van der Waals surface area contributed by atoms with Gasteiger partial charge in [0, 0.05) is 30.7 Å². The number of rotatable bonds is 5. The summed E-state index contributed by atoms with van der Waals surface area (Å²) in [7, 11) is -5.44. The number of carbonyl (C=O) groups is 1. The SMILES string of the molecule is O=C(c1ccnc2cc(C3CC3)ccc12)N1CCCC1CNS(=O)(=O)C(F)(F)F. The molecule has 4 rings (SSSR count). The van der Waals surface area contributed by atoms with Crippen molar-refractivity contribution in [2.24, 2.45) is 0 Å². The van der Waals surface area contributed by atoms with E-state index in [4.69, 9.17) is 0 Å². The Hall–Kier alpha value is -2.20. The van der Waals surface area contributed by atoms with Crippen LogP contribution in [0.1, 0.15) is 47.5 Å². The van der Waals surface area contributed by atoms with E-state index in [1.54, 1.807) is 17.0 Å². The number of likely N-dealkylation sites (tertiary alicyclic amines) is 1. The zero-order valence-corrected chi connectivity index (χ0v) is 16.3. The molecule has 2 fully saturated rings. The molecule has 1 atom stereocenters. The first-order chi connectivity index (χ1) is 13.7. The molecule has 1 unspecified atom stereocenters. The average molecular weight is 427 g/mol. The van der Waals surface area contributed by atoms with Gasteiger partial charge in [-0.15, -0.1) is 0 Å². The van der Waals surface area contributed by atoms with Crippen molar-refractivity contribution in [1.29, 1.82) is 0 Å². The van der Waals surface area contributed by atoms with Gasteiger partial charge in [0.15, 0.2) is 0 Å². The van der Waals surface area contributed by atoms with Crippen LogP contribution in [0.5, 0.6) is 0 Å². The quantitative estimate of drug-likeness (QED) is 0.795. The van der Waals surface area contributed by atoms with Crippen molar-refractivity contribution in [2.75, 3.05) is 13.1 Å². The van der Waals surface area contributed by atoms with Crippen molar-refractivity contribution in [3.05, 3.63) is 41.6 Å². The fraction of sp³-hybridized carbons (Fsp3) is 0.474. The molecule has 1 aromatic heterocycles. The lowest BCUT2D eigenvalue weighted by atomic mass is 10.0. The van der Waals surface area contributed by atoms with Gasteiger partial charge in [0.05, 0.1) is 11.1 Å². The number of benzene rings is 1. The second kappa shape index (κ2) is 7.24. The highest BCUT2D eigenvalue weighted by Crippen LogP contribution is 2.41. The van der Waals surface area contributed by atoms with Crippen LogP contribution in [-0.2, 0) is 10.0 Å². The van der Waals surface area contributed by atoms with Crippen LogP contribution in [0, 0.1) is 0 Å². The minimum atomic E-state index is -5.44. The molecular formula is C19H20F3N3O3S. The van der Waals surface area contributed by atoms with Crippen molar-refractivity contribution in [2.45, 2.75) is 43.2 Å². The molecule has 0 radical (unpaired) electrons. The Morgan fingerprint density at radius 3 is 2.66 bits per heavy atom. The van der Waals surface area contributed by atoms with E-state index in [1.165, 1.54) is 10.5 Å². The van der Waals surface area contributed by atoms with E-state index in [0.29, 0.717) is 41.8 Å². The summed E-state index contributed by atoms with van der Waals surface area (Å²) < 4.78 is 61.8. The molecule has 1 saturated carbocycles. The van der Waals surface area contributed by atoms with Crippen molar-refractivity contribution >= 4 is 26.8 Å². The molecule has 1 amide bonds. The third-order valence-electron chi connectivity index (χ3n) is 5.50. The smallest absolute Gasteiger partial charge is 0.334 e. The summed E-state index contributed by atoms with van der Waals surface area (Å²) in [5.74, 6) is 0.218. The molecule has 1 aliphatic carbocycles. The van der Waals surface area contributed by atoms with Gasteiger partial charge in [-0.1, -0.05) is 12.1 Å². The molecule has 2 aromatic rings. The molecule has 0 bridgehead atoms. The summed E-state index contributed by atoms with van der Waals surface area (Å²) >= 11 is 0. The van der Waals surface area contributed by atoms with Gasteiger partial charge in [0.25, 0.3) is 5.91 Å². The Balaban J connectivity index is 1.55. The number of amides is 1. The summed E-state index contributed by atoms with van der Waals surface area (Å²) in [6, 6.07) is 6.78. The Labute approximate surface area is 166 Å². The van der Waals surface area contributed by atoms with E-state index in [0.717, 1.165) is 12.8 Å². The molecule has 29 heavy (non-hydrogen) atoms. The monoisotopic (exact) mass is 427 g/mol. The average Bonchev–Trinajstić information content (AvgIpc) is 3.42. The molecular weight excluding hydrogens is 407 g/mol. The number of sulfonamides is 1. The highest BCUT2D eigenvalue weighted by atomic mass is 32.2. The number of hydrogen-bond acceptors (Lipinski definition) is 4. The van der Waals surface area contributed by atoms with Gasteiger partial charge in [-0.25, -0.2) is 13.1 Å². The maximum Gasteiger partial charge on any atom is 0.511 e. The van der Waals surface area contributed by atoms with E-state index in [1.807, 2.05) is 18.2 Å². The van der Waals surface area contributed by atoms with Crippen LogP contribution < -0.4 is 4.72 Å².